The Balaban J connectivity index is 1.64. The smallest absolute Gasteiger partial charge is 0.333 e. The van der Waals surface area contributed by atoms with Gasteiger partial charge in [0, 0.05) is 22.7 Å². The lowest BCUT2D eigenvalue weighted by atomic mass is 10.0. The summed E-state index contributed by atoms with van der Waals surface area (Å²) in [6.45, 7) is 6.17. The molecule has 0 atom stereocenters. The lowest BCUT2D eigenvalue weighted by Gasteiger charge is -2.17. The minimum Gasteiger partial charge on any atom is -0.490 e. The number of carbonyl (C=O) groups is 2. The molecule has 0 bridgehead atoms. The molecule has 1 heterocycles. The molecule has 1 saturated heterocycles. The van der Waals surface area contributed by atoms with Crippen molar-refractivity contribution in [3.8, 4) is 11.5 Å². The molecule has 0 spiro atoms. The third-order valence-corrected chi connectivity index (χ3v) is 5.84. The molecule has 0 aliphatic carbocycles. The van der Waals surface area contributed by atoms with E-state index in [2.05, 4.69) is 11.9 Å². The van der Waals surface area contributed by atoms with Crippen LogP contribution in [0.1, 0.15) is 23.6 Å². The van der Waals surface area contributed by atoms with E-state index in [0.29, 0.717) is 40.8 Å². The highest BCUT2D eigenvalue weighted by Gasteiger charge is 2.35. The number of urea groups is 1. The Morgan fingerprint density at radius 1 is 1.11 bits per heavy atom. The summed E-state index contributed by atoms with van der Waals surface area (Å²) in [5, 5.41) is 13.9. The van der Waals surface area contributed by atoms with E-state index in [0.717, 1.165) is 16.0 Å². The number of ether oxygens (including phenoxy) is 2. The number of imide groups is 1. The third-order valence-electron chi connectivity index (χ3n) is 5.60. The zero-order valence-electron chi connectivity index (χ0n) is 20.5. The number of hydrogen-bond acceptors (Lipinski definition) is 6. The number of rotatable bonds is 10. The van der Waals surface area contributed by atoms with E-state index in [-0.39, 0.29) is 18.0 Å². The second kappa shape index (κ2) is 11.6. The van der Waals surface area contributed by atoms with E-state index in [1.54, 1.807) is 48.6 Å². The summed E-state index contributed by atoms with van der Waals surface area (Å²) in [5.41, 5.74) is 2.57. The number of nitro benzene ring substituents is 1. The molecule has 1 aliphatic rings. The van der Waals surface area contributed by atoms with Crippen LogP contribution >= 0.6 is 11.6 Å². The van der Waals surface area contributed by atoms with Gasteiger partial charge in [-0.1, -0.05) is 23.7 Å². The van der Waals surface area contributed by atoms with Gasteiger partial charge in [-0.25, -0.2) is 9.69 Å². The summed E-state index contributed by atoms with van der Waals surface area (Å²) in [5.74, 6) is 0.428. The molecule has 0 unspecified atom stereocenters. The lowest BCUT2D eigenvalue weighted by Crippen LogP contribution is -2.30. The van der Waals surface area contributed by atoms with E-state index in [4.69, 9.17) is 21.1 Å². The first-order chi connectivity index (χ1) is 18.3. The van der Waals surface area contributed by atoms with Crippen LogP contribution in [0.2, 0.25) is 5.02 Å². The number of carbonyl (C=O) groups excluding carboxylic acids is 2. The van der Waals surface area contributed by atoms with E-state index in [9.17, 15) is 19.7 Å². The number of nitro groups is 1. The second-order valence-electron chi connectivity index (χ2n) is 8.25. The normalized spacial score (nSPS) is 13.9. The van der Waals surface area contributed by atoms with Crippen molar-refractivity contribution >= 4 is 41.0 Å². The van der Waals surface area contributed by atoms with E-state index < -0.39 is 16.9 Å². The van der Waals surface area contributed by atoms with Crippen molar-refractivity contribution in [1.82, 2.24) is 5.32 Å². The maximum Gasteiger partial charge on any atom is 0.333 e. The summed E-state index contributed by atoms with van der Waals surface area (Å²) in [6, 6.07) is 15.5. The molecule has 9 nitrogen and oxygen atoms in total. The molecule has 3 amide bonds. The number of amides is 3. The largest absolute Gasteiger partial charge is 0.490 e. The van der Waals surface area contributed by atoms with Crippen molar-refractivity contribution < 1.29 is 24.0 Å². The van der Waals surface area contributed by atoms with E-state index >= 15 is 0 Å². The zero-order chi connectivity index (χ0) is 27.2. The molecule has 1 N–H and O–H groups in total. The van der Waals surface area contributed by atoms with Gasteiger partial charge < -0.3 is 14.8 Å². The summed E-state index contributed by atoms with van der Waals surface area (Å²) in [6.07, 6.45) is 3.73. The van der Waals surface area contributed by atoms with Crippen LogP contribution in [0.4, 0.5) is 16.2 Å². The predicted octanol–water partition coefficient (Wildman–Crippen LogP) is 6.05. The Bertz CT molecular complexity index is 1440. The van der Waals surface area contributed by atoms with E-state index in [1.807, 2.05) is 13.0 Å². The van der Waals surface area contributed by atoms with Gasteiger partial charge in [0.15, 0.2) is 11.5 Å². The van der Waals surface area contributed by atoms with Gasteiger partial charge in [0.25, 0.3) is 11.6 Å². The van der Waals surface area contributed by atoms with Crippen molar-refractivity contribution in [2.24, 2.45) is 0 Å². The zero-order valence-corrected chi connectivity index (χ0v) is 21.2. The molecule has 0 aromatic heterocycles. The first-order valence-corrected chi connectivity index (χ1v) is 12.1. The van der Waals surface area contributed by atoms with Gasteiger partial charge in [-0.15, -0.1) is 6.58 Å². The Morgan fingerprint density at radius 3 is 2.53 bits per heavy atom. The van der Waals surface area contributed by atoms with Gasteiger partial charge >= 0.3 is 6.03 Å². The SMILES string of the molecule is C=CCc1cc(/C=C2/NC(=O)N(c3cccc(Cl)c3)C2=O)cc(OCC)c1OCc1ccc([N+](=O)[O-])cc1. The molecule has 1 fully saturated rings. The summed E-state index contributed by atoms with van der Waals surface area (Å²) in [7, 11) is 0. The van der Waals surface area contributed by atoms with Crippen LogP contribution in [0.15, 0.2) is 79.0 Å². The highest BCUT2D eigenvalue weighted by Crippen LogP contribution is 2.36. The molecule has 1 aliphatic heterocycles. The van der Waals surface area contributed by atoms with Crippen LogP contribution in [0.3, 0.4) is 0 Å². The highest BCUT2D eigenvalue weighted by molar-refractivity contribution is 6.32. The Kier molecular flexibility index (Phi) is 8.08. The van der Waals surface area contributed by atoms with Crippen LogP contribution in [-0.2, 0) is 17.8 Å². The molecular formula is C28H24ClN3O6. The molecule has 0 saturated carbocycles. The number of anilines is 1. The monoisotopic (exact) mass is 533 g/mol. The fraction of sp³-hybridized carbons (Fsp3) is 0.143. The van der Waals surface area contributed by atoms with Gasteiger partial charge in [0.2, 0.25) is 0 Å². The Hall–Kier alpha value is -4.63. The van der Waals surface area contributed by atoms with Crippen molar-refractivity contribution in [2.75, 3.05) is 11.5 Å². The molecule has 3 aromatic carbocycles. The fourth-order valence-electron chi connectivity index (χ4n) is 3.92. The number of allylic oxidation sites excluding steroid dienone is 1. The summed E-state index contributed by atoms with van der Waals surface area (Å²) >= 11 is 6.03. The van der Waals surface area contributed by atoms with Crippen LogP contribution < -0.4 is 19.7 Å². The van der Waals surface area contributed by atoms with Gasteiger partial charge in [0.1, 0.15) is 12.3 Å². The van der Waals surface area contributed by atoms with Crippen molar-refractivity contribution in [1.29, 1.82) is 0 Å². The number of non-ortho nitro benzene ring substituents is 1. The number of benzene rings is 3. The first-order valence-electron chi connectivity index (χ1n) is 11.7. The molecule has 4 rings (SSSR count). The third kappa shape index (κ3) is 5.84. The van der Waals surface area contributed by atoms with Crippen LogP contribution in [0.25, 0.3) is 6.08 Å². The topological polar surface area (TPSA) is 111 Å². The molecule has 38 heavy (non-hydrogen) atoms. The molecule has 0 radical (unpaired) electrons. The summed E-state index contributed by atoms with van der Waals surface area (Å²) < 4.78 is 11.9. The lowest BCUT2D eigenvalue weighted by molar-refractivity contribution is -0.384. The minimum absolute atomic E-state index is 0.00373. The molecule has 3 aromatic rings. The number of hydrogen-bond donors (Lipinski definition) is 1. The highest BCUT2D eigenvalue weighted by atomic mass is 35.5. The van der Waals surface area contributed by atoms with Crippen LogP contribution in [0.5, 0.6) is 11.5 Å². The summed E-state index contributed by atoms with van der Waals surface area (Å²) in [4.78, 5) is 37.1. The van der Waals surface area contributed by atoms with Crippen molar-refractivity contribution in [2.45, 2.75) is 20.0 Å². The first kappa shape index (κ1) is 26.4. The van der Waals surface area contributed by atoms with Crippen molar-refractivity contribution in [3.63, 3.8) is 0 Å². The number of halogens is 1. The van der Waals surface area contributed by atoms with Gasteiger partial charge in [-0.05, 0) is 73.0 Å². The van der Waals surface area contributed by atoms with Gasteiger partial charge in [0.05, 0.1) is 17.2 Å². The Morgan fingerprint density at radius 2 is 1.87 bits per heavy atom. The quantitative estimate of drug-likeness (QED) is 0.112. The predicted molar refractivity (Wildman–Crippen MR) is 144 cm³/mol. The van der Waals surface area contributed by atoms with Gasteiger partial charge in [-0.3, -0.25) is 14.9 Å². The van der Waals surface area contributed by atoms with E-state index in [1.165, 1.54) is 18.2 Å². The Labute approximate surface area is 224 Å². The number of nitrogens with one attached hydrogen (secondary N) is 1. The molecule has 10 heteroatoms. The fourth-order valence-corrected chi connectivity index (χ4v) is 4.11. The molecule has 194 valence electrons. The van der Waals surface area contributed by atoms with Crippen molar-refractivity contribution in [3.05, 3.63) is 111 Å². The standard InChI is InChI=1S/C28H24ClN3O6/c1-3-6-20-13-19(14-24-27(33)31(28(34)30-24)23-8-5-7-21(29)16-23)15-25(37-4-2)26(20)38-17-18-9-11-22(12-10-18)32(35)36/h3,5,7-16H,1,4,6,17H2,2H3,(H,30,34)/b24-14+. The van der Waals surface area contributed by atoms with Gasteiger partial charge in [-0.2, -0.15) is 0 Å². The van der Waals surface area contributed by atoms with Crippen LogP contribution in [0, 0.1) is 10.1 Å². The maximum atomic E-state index is 13.1. The van der Waals surface area contributed by atoms with Crippen LogP contribution in [-0.4, -0.2) is 23.5 Å². The minimum atomic E-state index is -0.581. The second-order valence-corrected chi connectivity index (χ2v) is 8.69. The molecular weight excluding hydrogens is 510 g/mol. The average Bonchev–Trinajstić information content (AvgIpc) is 3.16. The maximum absolute atomic E-state index is 13.1. The average molecular weight is 534 g/mol. The number of nitrogens with zero attached hydrogens (tertiary/aromatic N) is 2.